The Morgan fingerprint density at radius 1 is 1.32 bits per heavy atom. The van der Waals surface area contributed by atoms with Crippen LogP contribution in [0.15, 0.2) is 18.2 Å². The Bertz CT molecular complexity index is 495. The predicted molar refractivity (Wildman–Crippen MR) is 69.5 cm³/mol. The summed E-state index contributed by atoms with van der Waals surface area (Å²) in [4.78, 5) is 24.8. The van der Waals surface area contributed by atoms with E-state index < -0.39 is 5.97 Å². The number of nitrogens with zero attached hydrogens (tertiary/aromatic N) is 1. The van der Waals surface area contributed by atoms with E-state index in [1.807, 2.05) is 0 Å². The molecule has 0 aromatic heterocycles. The first-order valence-electron chi connectivity index (χ1n) is 6.06. The Balaban J connectivity index is 2.18. The maximum atomic E-state index is 12.1. The first kappa shape index (κ1) is 13.4. The molecule has 2 rings (SSSR count). The number of para-hydroxylation sites is 1. The maximum Gasteiger partial charge on any atom is 0.337 e. The molecule has 0 unspecified atom stereocenters. The number of carbonyl (C=O) groups is 2. The van der Waals surface area contributed by atoms with Crippen LogP contribution in [0.5, 0.6) is 0 Å². The molecule has 102 valence electrons. The van der Waals surface area contributed by atoms with Gasteiger partial charge in [0.2, 0.25) is 0 Å². The smallest absolute Gasteiger partial charge is 0.337 e. The van der Waals surface area contributed by atoms with Gasteiger partial charge in [0.25, 0.3) is 0 Å². The highest BCUT2D eigenvalue weighted by atomic mass is 16.5. The van der Waals surface area contributed by atoms with E-state index in [-0.39, 0.29) is 11.6 Å². The monoisotopic (exact) mass is 264 g/mol. The molecular formula is C13H16N2O4. The van der Waals surface area contributed by atoms with Crippen LogP contribution in [-0.4, -0.2) is 48.3 Å². The summed E-state index contributed by atoms with van der Waals surface area (Å²) in [6.45, 7) is 3.81. The van der Waals surface area contributed by atoms with Gasteiger partial charge in [0.1, 0.15) is 0 Å². The second-order valence-corrected chi connectivity index (χ2v) is 4.33. The standard InChI is InChI=1S/C13H16N2O4/c1-9-3-2-4-10(12(16)17)11(9)14-13(18)15-5-7-19-8-6-15/h2-4H,5-8H2,1H3,(H,14,18)(H,16,17). The summed E-state index contributed by atoms with van der Waals surface area (Å²) in [6.07, 6.45) is 0. The third kappa shape index (κ3) is 3.03. The van der Waals surface area contributed by atoms with Crippen molar-refractivity contribution < 1.29 is 19.4 Å². The highest BCUT2D eigenvalue weighted by Gasteiger charge is 2.20. The van der Waals surface area contributed by atoms with E-state index in [0.717, 1.165) is 5.56 Å². The molecular weight excluding hydrogens is 248 g/mol. The molecule has 0 atom stereocenters. The van der Waals surface area contributed by atoms with Crippen molar-refractivity contribution in [3.8, 4) is 0 Å². The fourth-order valence-corrected chi connectivity index (χ4v) is 1.96. The van der Waals surface area contributed by atoms with E-state index >= 15 is 0 Å². The molecule has 1 fully saturated rings. The summed E-state index contributed by atoms with van der Waals surface area (Å²) >= 11 is 0. The van der Waals surface area contributed by atoms with Crippen LogP contribution in [0.4, 0.5) is 10.5 Å². The number of hydrogen-bond donors (Lipinski definition) is 2. The number of ether oxygens (including phenoxy) is 1. The maximum absolute atomic E-state index is 12.1. The van der Waals surface area contributed by atoms with Crippen LogP contribution < -0.4 is 5.32 Å². The van der Waals surface area contributed by atoms with E-state index in [9.17, 15) is 9.59 Å². The van der Waals surface area contributed by atoms with E-state index in [0.29, 0.717) is 32.0 Å². The van der Waals surface area contributed by atoms with Gasteiger partial charge in [0.05, 0.1) is 24.5 Å². The fourth-order valence-electron chi connectivity index (χ4n) is 1.96. The van der Waals surface area contributed by atoms with Gasteiger partial charge < -0.3 is 20.1 Å². The van der Waals surface area contributed by atoms with Crippen molar-refractivity contribution in [2.45, 2.75) is 6.92 Å². The van der Waals surface area contributed by atoms with Crippen molar-refractivity contribution in [3.05, 3.63) is 29.3 Å². The first-order chi connectivity index (χ1) is 9.09. The second kappa shape index (κ2) is 5.71. The van der Waals surface area contributed by atoms with Crippen molar-refractivity contribution in [2.24, 2.45) is 0 Å². The summed E-state index contributed by atoms with van der Waals surface area (Å²) in [5.74, 6) is -1.05. The number of hydrogen-bond acceptors (Lipinski definition) is 3. The Morgan fingerprint density at radius 3 is 2.63 bits per heavy atom. The van der Waals surface area contributed by atoms with E-state index in [4.69, 9.17) is 9.84 Å². The number of anilines is 1. The Kier molecular flexibility index (Phi) is 4.01. The molecule has 1 aromatic rings. The zero-order valence-corrected chi connectivity index (χ0v) is 10.7. The highest BCUT2D eigenvalue weighted by molar-refractivity contribution is 6.01. The molecule has 6 heteroatoms. The second-order valence-electron chi connectivity index (χ2n) is 4.33. The molecule has 6 nitrogen and oxygen atoms in total. The van der Waals surface area contributed by atoms with Gasteiger partial charge in [-0.05, 0) is 18.6 Å². The first-order valence-corrected chi connectivity index (χ1v) is 6.06. The molecule has 0 bridgehead atoms. The average Bonchev–Trinajstić information content (AvgIpc) is 2.41. The Hall–Kier alpha value is -2.08. The number of morpholine rings is 1. The molecule has 19 heavy (non-hydrogen) atoms. The number of carbonyl (C=O) groups excluding carboxylic acids is 1. The molecule has 1 aromatic carbocycles. The minimum atomic E-state index is -1.05. The van der Waals surface area contributed by atoms with E-state index in [1.54, 1.807) is 24.0 Å². The lowest BCUT2D eigenvalue weighted by Crippen LogP contribution is -2.43. The van der Waals surface area contributed by atoms with Crippen LogP contribution in [0.3, 0.4) is 0 Å². The Labute approximate surface area is 111 Å². The van der Waals surface area contributed by atoms with Gasteiger partial charge in [-0.25, -0.2) is 9.59 Å². The zero-order valence-electron chi connectivity index (χ0n) is 10.7. The van der Waals surface area contributed by atoms with Gasteiger partial charge in [0.15, 0.2) is 0 Å². The van der Waals surface area contributed by atoms with Crippen LogP contribution in [0, 0.1) is 6.92 Å². The van der Waals surface area contributed by atoms with Crippen LogP contribution in [0.2, 0.25) is 0 Å². The molecule has 0 spiro atoms. The summed E-state index contributed by atoms with van der Waals surface area (Å²) in [6, 6.07) is 4.61. The number of nitrogens with one attached hydrogen (secondary N) is 1. The van der Waals surface area contributed by atoms with Gasteiger partial charge in [-0.3, -0.25) is 0 Å². The number of aryl methyl sites for hydroxylation is 1. The van der Waals surface area contributed by atoms with Crippen molar-refractivity contribution in [1.29, 1.82) is 0 Å². The molecule has 0 radical (unpaired) electrons. The number of urea groups is 1. The number of aromatic carboxylic acids is 1. The number of amides is 2. The van der Waals surface area contributed by atoms with Gasteiger partial charge >= 0.3 is 12.0 Å². The highest BCUT2D eigenvalue weighted by Crippen LogP contribution is 2.21. The Morgan fingerprint density at radius 2 is 2.00 bits per heavy atom. The van der Waals surface area contributed by atoms with Crippen LogP contribution in [-0.2, 0) is 4.74 Å². The predicted octanol–water partition coefficient (Wildman–Crippen LogP) is 1.56. The van der Waals surface area contributed by atoms with Crippen LogP contribution >= 0.6 is 0 Å². The van der Waals surface area contributed by atoms with E-state index in [2.05, 4.69) is 5.32 Å². The topological polar surface area (TPSA) is 78.9 Å². The quantitative estimate of drug-likeness (QED) is 0.849. The minimum absolute atomic E-state index is 0.0987. The van der Waals surface area contributed by atoms with Gasteiger partial charge in [-0.15, -0.1) is 0 Å². The number of carboxylic acids is 1. The molecule has 0 aliphatic carbocycles. The summed E-state index contributed by atoms with van der Waals surface area (Å²) < 4.78 is 5.17. The summed E-state index contributed by atoms with van der Waals surface area (Å²) in [5.41, 5.74) is 1.18. The average molecular weight is 264 g/mol. The number of rotatable bonds is 2. The lowest BCUT2D eigenvalue weighted by molar-refractivity contribution is 0.0564. The lowest BCUT2D eigenvalue weighted by Gasteiger charge is -2.27. The van der Waals surface area contributed by atoms with Crippen molar-refractivity contribution in [1.82, 2.24) is 4.90 Å². The van der Waals surface area contributed by atoms with Crippen molar-refractivity contribution >= 4 is 17.7 Å². The summed E-state index contributed by atoms with van der Waals surface area (Å²) in [5, 5.41) is 11.8. The fraction of sp³-hybridized carbons (Fsp3) is 0.385. The molecule has 2 amide bonds. The normalized spacial score (nSPS) is 15.1. The van der Waals surface area contributed by atoms with Gasteiger partial charge in [-0.1, -0.05) is 12.1 Å². The SMILES string of the molecule is Cc1cccc(C(=O)O)c1NC(=O)N1CCOCC1. The third-order valence-corrected chi connectivity index (χ3v) is 3.03. The number of carboxylic acid groups (broad SMARTS) is 1. The largest absolute Gasteiger partial charge is 0.478 e. The van der Waals surface area contributed by atoms with Crippen LogP contribution in [0.25, 0.3) is 0 Å². The van der Waals surface area contributed by atoms with Crippen molar-refractivity contribution in [2.75, 3.05) is 31.6 Å². The number of benzene rings is 1. The molecule has 1 aliphatic rings. The zero-order chi connectivity index (χ0) is 13.8. The van der Waals surface area contributed by atoms with Gasteiger partial charge in [-0.2, -0.15) is 0 Å². The molecule has 1 heterocycles. The summed E-state index contributed by atoms with van der Waals surface area (Å²) in [7, 11) is 0. The minimum Gasteiger partial charge on any atom is -0.478 e. The van der Waals surface area contributed by atoms with Crippen molar-refractivity contribution in [3.63, 3.8) is 0 Å². The van der Waals surface area contributed by atoms with Crippen LogP contribution in [0.1, 0.15) is 15.9 Å². The third-order valence-electron chi connectivity index (χ3n) is 3.03. The molecule has 1 saturated heterocycles. The van der Waals surface area contributed by atoms with Gasteiger partial charge in [0, 0.05) is 13.1 Å². The van der Waals surface area contributed by atoms with E-state index in [1.165, 1.54) is 6.07 Å². The lowest BCUT2D eigenvalue weighted by atomic mass is 10.1. The molecule has 2 N–H and O–H groups in total. The molecule has 1 aliphatic heterocycles. The molecule has 0 saturated carbocycles.